The summed E-state index contributed by atoms with van der Waals surface area (Å²) in [7, 11) is 1.72. The van der Waals surface area contributed by atoms with Gasteiger partial charge in [-0.3, -0.25) is 4.90 Å². The van der Waals surface area contributed by atoms with Crippen LogP contribution in [0.5, 0.6) is 0 Å². The van der Waals surface area contributed by atoms with Crippen molar-refractivity contribution >= 4 is 0 Å². The van der Waals surface area contributed by atoms with Gasteiger partial charge >= 0.3 is 0 Å². The van der Waals surface area contributed by atoms with Crippen molar-refractivity contribution in [2.75, 3.05) is 26.8 Å². The zero-order valence-electron chi connectivity index (χ0n) is 11.6. The Bertz CT molecular complexity index is 169. The topological polar surface area (TPSA) is 32.7 Å². The third kappa shape index (κ3) is 5.28. The summed E-state index contributed by atoms with van der Waals surface area (Å²) in [6.07, 6.45) is 2.72. The van der Waals surface area contributed by atoms with Crippen LogP contribution in [0.1, 0.15) is 47.0 Å². The quantitative estimate of drug-likeness (QED) is 0.661. The highest BCUT2D eigenvalue weighted by Crippen LogP contribution is 2.18. The van der Waals surface area contributed by atoms with Crippen molar-refractivity contribution in [3.63, 3.8) is 0 Å². The molecule has 0 saturated carbocycles. The average Bonchev–Trinajstić information content (AvgIpc) is 2.33. The Labute approximate surface area is 101 Å². The second-order valence-corrected chi connectivity index (χ2v) is 4.65. The molecule has 16 heavy (non-hydrogen) atoms. The van der Waals surface area contributed by atoms with Crippen LogP contribution in [-0.2, 0) is 4.74 Å². The first-order chi connectivity index (χ1) is 7.52. The summed E-state index contributed by atoms with van der Waals surface area (Å²) in [4.78, 5) is 2.33. The van der Waals surface area contributed by atoms with Gasteiger partial charge in [0.25, 0.3) is 0 Å². The van der Waals surface area contributed by atoms with E-state index in [0.29, 0.717) is 6.04 Å². The fraction of sp³-hybridized carbons (Fsp3) is 1.00. The maximum atomic E-state index is 10.4. The zero-order valence-corrected chi connectivity index (χ0v) is 11.6. The predicted molar refractivity (Wildman–Crippen MR) is 68.7 cm³/mol. The van der Waals surface area contributed by atoms with E-state index in [2.05, 4.69) is 32.6 Å². The van der Waals surface area contributed by atoms with Gasteiger partial charge in [0.15, 0.2) is 0 Å². The van der Waals surface area contributed by atoms with Gasteiger partial charge in [-0.2, -0.15) is 0 Å². The maximum Gasteiger partial charge on any atom is 0.0769 e. The number of methoxy groups -OCH3 is 1. The first-order valence-corrected chi connectivity index (χ1v) is 6.48. The van der Waals surface area contributed by atoms with Gasteiger partial charge in [0.1, 0.15) is 0 Å². The van der Waals surface area contributed by atoms with Crippen molar-refractivity contribution in [3.05, 3.63) is 0 Å². The summed E-state index contributed by atoms with van der Waals surface area (Å²) < 4.78 is 5.13. The molecule has 0 aromatic carbocycles. The van der Waals surface area contributed by atoms with E-state index < -0.39 is 5.60 Å². The number of hydrogen-bond donors (Lipinski definition) is 1. The van der Waals surface area contributed by atoms with Crippen LogP contribution in [0.4, 0.5) is 0 Å². The summed E-state index contributed by atoms with van der Waals surface area (Å²) >= 11 is 0. The smallest absolute Gasteiger partial charge is 0.0769 e. The predicted octanol–water partition coefficient (Wildman–Crippen LogP) is 2.28. The van der Waals surface area contributed by atoms with Gasteiger partial charge in [0, 0.05) is 26.2 Å². The molecular weight excluding hydrogens is 202 g/mol. The highest BCUT2D eigenvalue weighted by atomic mass is 16.5. The van der Waals surface area contributed by atoms with E-state index in [1.807, 2.05) is 0 Å². The van der Waals surface area contributed by atoms with Crippen LogP contribution in [0.3, 0.4) is 0 Å². The number of rotatable bonds is 9. The molecule has 0 aromatic heterocycles. The van der Waals surface area contributed by atoms with E-state index in [1.54, 1.807) is 7.11 Å². The van der Waals surface area contributed by atoms with Crippen molar-refractivity contribution in [2.45, 2.75) is 58.6 Å². The normalized spacial score (nSPS) is 14.4. The Kier molecular flexibility index (Phi) is 7.98. The molecule has 0 bridgehead atoms. The Morgan fingerprint density at radius 3 is 2.19 bits per heavy atom. The molecule has 0 radical (unpaired) electrons. The Morgan fingerprint density at radius 2 is 1.81 bits per heavy atom. The van der Waals surface area contributed by atoms with Crippen LogP contribution in [0.25, 0.3) is 0 Å². The van der Waals surface area contributed by atoms with E-state index in [0.717, 1.165) is 39.0 Å². The fourth-order valence-corrected chi connectivity index (χ4v) is 1.77. The highest BCUT2D eigenvalue weighted by Gasteiger charge is 2.27. The summed E-state index contributed by atoms with van der Waals surface area (Å²) in [5, 5.41) is 10.4. The minimum atomic E-state index is -0.544. The van der Waals surface area contributed by atoms with Crippen molar-refractivity contribution in [3.8, 4) is 0 Å². The first kappa shape index (κ1) is 15.9. The van der Waals surface area contributed by atoms with Crippen LogP contribution < -0.4 is 0 Å². The van der Waals surface area contributed by atoms with Gasteiger partial charge in [-0.25, -0.2) is 0 Å². The summed E-state index contributed by atoms with van der Waals surface area (Å²) in [5.41, 5.74) is -0.544. The lowest BCUT2D eigenvalue weighted by atomic mass is 9.96. The lowest BCUT2D eigenvalue weighted by Crippen LogP contribution is -2.47. The molecule has 1 atom stereocenters. The SMILES string of the molecule is CCC(C)N(CCOC)CC(O)(CC)CC. The monoisotopic (exact) mass is 231 g/mol. The molecule has 98 valence electrons. The van der Waals surface area contributed by atoms with Crippen LogP contribution in [0.2, 0.25) is 0 Å². The van der Waals surface area contributed by atoms with Gasteiger partial charge in [-0.05, 0) is 26.2 Å². The van der Waals surface area contributed by atoms with Crippen LogP contribution in [0.15, 0.2) is 0 Å². The van der Waals surface area contributed by atoms with E-state index in [-0.39, 0.29) is 0 Å². The summed E-state index contributed by atoms with van der Waals surface area (Å²) in [6.45, 7) is 10.9. The standard InChI is InChI=1S/C13H29NO2/c1-6-12(4)14(9-10-16-5)11-13(15,7-2)8-3/h12,15H,6-11H2,1-5H3. The molecule has 0 aromatic rings. The molecule has 0 spiro atoms. The molecule has 3 nitrogen and oxygen atoms in total. The van der Waals surface area contributed by atoms with Crippen LogP contribution >= 0.6 is 0 Å². The Hall–Kier alpha value is -0.120. The molecule has 0 aliphatic carbocycles. The number of hydrogen-bond acceptors (Lipinski definition) is 3. The Balaban J connectivity index is 4.39. The molecule has 1 unspecified atom stereocenters. The molecule has 1 N–H and O–H groups in total. The van der Waals surface area contributed by atoms with Crippen LogP contribution in [0, 0.1) is 0 Å². The van der Waals surface area contributed by atoms with Crippen molar-refractivity contribution < 1.29 is 9.84 Å². The van der Waals surface area contributed by atoms with Gasteiger partial charge in [0.05, 0.1) is 12.2 Å². The first-order valence-electron chi connectivity index (χ1n) is 6.48. The van der Waals surface area contributed by atoms with Crippen LogP contribution in [-0.4, -0.2) is 48.5 Å². The van der Waals surface area contributed by atoms with Gasteiger partial charge in [-0.1, -0.05) is 20.8 Å². The minimum Gasteiger partial charge on any atom is -0.389 e. The molecule has 0 fully saturated rings. The fourth-order valence-electron chi connectivity index (χ4n) is 1.77. The van der Waals surface area contributed by atoms with Gasteiger partial charge in [-0.15, -0.1) is 0 Å². The van der Waals surface area contributed by atoms with Crippen molar-refractivity contribution in [1.29, 1.82) is 0 Å². The third-order valence-corrected chi connectivity index (χ3v) is 3.61. The van der Waals surface area contributed by atoms with E-state index >= 15 is 0 Å². The average molecular weight is 231 g/mol. The van der Waals surface area contributed by atoms with Gasteiger partial charge < -0.3 is 9.84 Å². The maximum absolute atomic E-state index is 10.4. The molecule has 3 heteroatoms. The second kappa shape index (κ2) is 8.04. The summed E-state index contributed by atoms with van der Waals surface area (Å²) in [5.74, 6) is 0. The third-order valence-electron chi connectivity index (χ3n) is 3.61. The van der Waals surface area contributed by atoms with E-state index in [9.17, 15) is 5.11 Å². The number of aliphatic hydroxyl groups is 1. The lowest BCUT2D eigenvalue weighted by Gasteiger charge is -2.36. The van der Waals surface area contributed by atoms with Gasteiger partial charge in [0.2, 0.25) is 0 Å². The minimum absolute atomic E-state index is 0.500. The van der Waals surface area contributed by atoms with Crippen molar-refractivity contribution in [1.82, 2.24) is 4.90 Å². The molecule has 0 heterocycles. The largest absolute Gasteiger partial charge is 0.389 e. The molecule has 0 aliphatic rings. The molecule has 0 rings (SSSR count). The molecular formula is C13H29NO2. The highest BCUT2D eigenvalue weighted by molar-refractivity contribution is 4.81. The second-order valence-electron chi connectivity index (χ2n) is 4.65. The zero-order chi connectivity index (χ0) is 12.6. The molecule has 0 aliphatic heterocycles. The summed E-state index contributed by atoms with van der Waals surface area (Å²) in [6, 6.07) is 0.500. The molecule has 0 saturated heterocycles. The van der Waals surface area contributed by atoms with Crippen molar-refractivity contribution in [2.24, 2.45) is 0 Å². The lowest BCUT2D eigenvalue weighted by molar-refractivity contribution is -0.0195. The number of nitrogens with zero attached hydrogens (tertiary/aromatic N) is 1. The Morgan fingerprint density at radius 1 is 1.25 bits per heavy atom. The van der Waals surface area contributed by atoms with E-state index in [1.165, 1.54) is 0 Å². The van der Waals surface area contributed by atoms with E-state index in [4.69, 9.17) is 4.74 Å². The number of ether oxygens (including phenoxy) is 1. The molecule has 0 amide bonds.